The highest BCUT2D eigenvalue weighted by atomic mass is 35.5. The summed E-state index contributed by atoms with van der Waals surface area (Å²) in [6.45, 7) is 2.92. The van der Waals surface area contributed by atoms with Gasteiger partial charge in [-0.1, -0.05) is 23.6 Å². The highest BCUT2D eigenvalue weighted by molar-refractivity contribution is 7.92. The Morgan fingerprint density at radius 1 is 1.14 bits per heavy atom. The highest BCUT2D eigenvalue weighted by Crippen LogP contribution is 2.69. The fraction of sp³-hybridized carbons (Fsp3) is 0.368. The van der Waals surface area contributed by atoms with Crippen molar-refractivity contribution in [3.05, 3.63) is 87.3 Å². The van der Waals surface area contributed by atoms with Crippen LogP contribution in [0.5, 0.6) is 0 Å². The maximum atomic E-state index is 16.3. The van der Waals surface area contributed by atoms with Gasteiger partial charge < -0.3 is 15.7 Å². The minimum absolute atomic E-state index is 0.0329. The second-order valence-electron chi connectivity index (χ2n) is 15.0. The van der Waals surface area contributed by atoms with Gasteiger partial charge in [-0.2, -0.15) is 19.0 Å². The molecule has 294 valence electrons. The van der Waals surface area contributed by atoms with Crippen LogP contribution in [0.15, 0.2) is 42.5 Å². The van der Waals surface area contributed by atoms with Crippen LogP contribution >= 0.6 is 11.6 Å². The van der Waals surface area contributed by atoms with Gasteiger partial charge in [0.2, 0.25) is 15.9 Å². The minimum atomic E-state index is -3.83. The van der Waals surface area contributed by atoms with Gasteiger partial charge in [0.1, 0.15) is 34.7 Å². The second-order valence-corrected chi connectivity index (χ2v) is 17.2. The van der Waals surface area contributed by atoms with Gasteiger partial charge in [0.15, 0.2) is 11.6 Å². The molecule has 2 aliphatic rings. The number of anilines is 2. The van der Waals surface area contributed by atoms with E-state index in [1.165, 1.54) is 30.7 Å². The average Bonchev–Trinajstić information content (AvgIpc) is 3.60. The third kappa shape index (κ3) is 7.05. The number of nitrogens with zero attached hydrogens (tertiary/aromatic N) is 6. The SMILES string of the molecule is CN(C)c1nn(C(C(N)=O)[C@H](Cc2cc(F)cc(F)c2)c2nc(C#CC(C)(C)O)ccc2-c2ccc(Cl)c3c(NS(C)(=O)=O)nn(C)c23)c2c1[C@H]1C[C@H]1C2(F)F. The Morgan fingerprint density at radius 2 is 1.80 bits per heavy atom. The van der Waals surface area contributed by atoms with Crippen LogP contribution in [-0.2, 0) is 34.2 Å². The molecule has 0 aliphatic heterocycles. The number of carbonyl (C=O) groups excluding carboxylic acids is 1. The number of aliphatic hydroxyl groups is 1. The molecule has 1 amide bonds. The molecule has 0 spiro atoms. The van der Waals surface area contributed by atoms with Crippen LogP contribution in [0.25, 0.3) is 22.0 Å². The van der Waals surface area contributed by atoms with E-state index in [0.29, 0.717) is 22.7 Å². The van der Waals surface area contributed by atoms with Gasteiger partial charge in [0.05, 0.1) is 27.9 Å². The summed E-state index contributed by atoms with van der Waals surface area (Å²) in [5, 5.41) is 19.7. The topological polar surface area (TPSA) is 161 Å². The van der Waals surface area contributed by atoms with Crippen LogP contribution in [0.1, 0.15) is 66.4 Å². The van der Waals surface area contributed by atoms with Crippen molar-refractivity contribution in [3.8, 4) is 23.0 Å². The molecule has 7 rings (SSSR count). The van der Waals surface area contributed by atoms with Crippen LogP contribution in [-0.4, -0.2) is 69.9 Å². The lowest BCUT2D eigenvalue weighted by Crippen LogP contribution is -2.37. The van der Waals surface area contributed by atoms with Gasteiger partial charge in [-0.25, -0.2) is 26.9 Å². The monoisotopic (exact) mass is 812 g/mol. The lowest BCUT2D eigenvalue weighted by atomic mass is 9.84. The molecule has 0 saturated heterocycles. The summed E-state index contributed by atoms with van der Waals surface area (Å²) in [5.74, 6) is -3.52. The van der Waals surface area contributed by atoms with Crippen molar-refractivity contribution in [2.75, 3.05) is 30.0 Å². The highest BCUT2D eigenvalue weighted by Gasteiger charge is 2.67. The van der Waals surface area contributed by atoms with Gasteiger partial charge in [-0.05, 0) is 74.4 Å². The Kier molecular flexibility index (Phi) is 9.41. The van der Waals surface area contributed by atoms with E-state index in [9.17, 15) is 27.1 Å². The van der Waals surface area contributed by atoms with Crippen LogP contribution < -0.4 is 15.4 Å². The van der Waals surface area contributed by atoms with E-state index in [4.69, 9.17) is 22.3 Å². The molecule has 3 aromatic heterocycles. The van der Waals surface area contributed by atoms with E-state index < -0.39 is 68.6 Å². The lowest BCUT2D eigenvalue weighted by Gasteiger charge is -2.29. The number of benzene rings is 2. The van der Waals surface area contributed by atoms with Gasteiger partial charge in [-0.15, -0.1) is 0 Å². The van der Waals surface area contributed by atoms with Crippen molar-refractivity contribution >= 4 is 50.1 Å². The van der Waals surface area contributed by atoms with Gasteiger partial charge in [0.25, 0.3) is 5.92 Å². The van der Waals surface area contributed by atoms with Crippen molar-refractivity contribution in [3.63, 3.8) is 0 Å². The summed E-state index contributed by atoms with van der Waals surface area (Å²) in [6.07, 6.45) is 0.824. The van der Waals surface area contributed by atoms with Crippen molar-refractivity contribution in [1.29, 1.82) is 0 Å². The first-order chi connectivity index (χ1) is 26.1. The molecule has 1 unspecified atom stereocenters. The largest absolute Gasteiger partial charge is 0.378 e. The van der Waals surface area contributed by atoms with Crippen molar-refractivity contribution < 1.29 is 35.9 Å². The Labute approximate surface area is 324 Å². The zero-order valence-corrected chi connectivity index (χ0v) is 32.6. The van der Waals surface area contributed by atoms with Gasteiger partial charge >= 0.3 is 0 Å². The smallest absolute Gasteiger partial charge is 0.293 e. The molecule has 5 aromatic rings. The number of aryl methyl sites for hydroxylation is 1. The number of sulfonamides is 1. The number of halogens is 5. The average molecular weight is 813 g/mol. The number of amides is 1. The standard InChI is InChI=1S/C38H37ClF4N8O4S/c1-37(2,53)12-11-21-7-8-22(23-9-10-27(39)29-31(23)50(5)46-35(29)48-56(6,54)55)30(45-21)25(15-18-13-19(40)16-20(41)14-18)32(34(44)52)51-33-28(36(47-51)49(3)4)24-17-26(24)38(33,42)43/h7-10,13-14,16,24-26,32,53H,15,17H2,1-6H3,(H2,44,52)(H,46,48)/t24-,25+,26+,32?/m0/s1. The molecule has 12 nitrogen and oxygen atoms in total. The number of rotatable bonds is 10. The normalized spacial score (nSPS) is 18.1. The Balaban J connectivity index is 1.56. The number of nitrogens with one attached hydrogen (secondary N) is 1. The molecule has 0 radical (unpaired) electrons. The van der Waals surface area contributed by atoms with Gasteiger partial charge in [0, 0.05) is 55.7 Å². The molecular formula is C38H37ClF4N8O4S. The number of aromatic nitrogens is 5. The summed E-state index contributed by atoms with van der Waals surface area (Å²) < 4.78 is 91.5. The Hall–Kier alpha value is -5.18. The number of hydrogen-bond donors (Lipinski definition) is 3. The summed E-state index contributed by atoms with van der Waals surface area (Å²) in [6, 6.07) is 7.29. The first-order valence-corrected chi connectivity index (χ1v) is 19.6. The quantitative estimate of drug-likeness (QED) is 0.122. The van der Waals surface area contributed by atoms with Gasteiger partial charge in [-0.3, -0.25) is 14.2 Å². The molecule has 18 heteroatoms. The zero-order valence-electron chi connectivity index (χ0n) is 31.0. The number of nitrogens with two attached hydrogens (primary N) is 1. The number of alkyl halides is 2. The molecule has 2 aliphatic carbocycles. The molecule has 0 bridgehead atoms. The van der Waals surface area contributed by atoms with Crippen molar-refractivity contribution in [2.45, 2.75) is 56.1 Å². The number of pyridine rings is 1. The number of carbonyl (C=O) groups is 1. The fourth-order valence-corrected chi connectivity index (χ4v) is 8.41. The Morgan fingerprint density at radius 3 is 2.41 bits per heavy atom. The third-order valence-corrected chi connectivity index (χ3v) is 10.8. The molecule has 1 saturated carbocycles. The predicted molar refractivity (Wildman–Crippen MR) is 203 cm³/mol. The molecule has 4 N–H and O–H groups in total. The molecule has 1 fully saturated rings. The summed E-state index contributed by atoms with van der Waals surface area (Å²) in [7, 11) is 1.01. The van der Waals surface area contributed by atoms with E-state index >= 15 is 8.78 Å². The number of fused-ring (bicyclic) bond motifs is 4. The van der Waals surface area contributed by atoms with E-state index in [0.717, 1.165) is 23.1 Å². The van der Waals surface area contributed by atoms with E-state index in [1.54, 1.807) is 38.2 Å². The summed E-state index contributed by atoms with van der Waals surface area (Å²) in [5.41, 5.74) is 5.66. The first-order valence-electron chi connectivity index (χ1n) is 17.4. The maximum Gasteiger partial charge on any atom is 0.293 e. The third-order valence-electron chi connectivity index (χ3n) is 9.89. The van der Waals surface area contributed by atoms with Crippen LogP contribution in [0.3, 0.4) is 0 Å². The van der Waals surface area contributed by atoms with Crippen LogP contribution in [0.2, 0.25) is 5.02 Å². The van der Waals surface area contributed by atoms with Crippen LogP contribution in [0, 0.1) is 29.4 Å². The number of primary amides is 1. The minimum Gasteiger partial charge on any atom is -0.378 e. The van der Waals surface area contributed by atoms with Crippen LogP contribution in [0.4, 0.5) is 29.2 Å². The molecular weight excluding hydrogens is 776 g/mol. The van der Waals surface area contributed by atoms with E-state index in [2.05, 4.69) is 26.8 Å². The lowest BCUT2D eigenvalue weighted by molar-refractivity contribution is -0.122. The summed E-state index contributed by atoms with van der Waals surface area (Å²) in [4.78, 5) is 20.4. The molecule has 4 atom stereocenters. The van der Waals surface area contributed by atoms with E-state index in [1.807, 2.05) is 0 Å². The van der Waals surface area contributed by atoms with Crippen molar-refractivity contribution in [1.82, 2.24) is 24.5 Å². The first kappa shape index (κ1) is 39.1. The summed E-state index contributed by atoms with van der Waals surface area (Å²) >= 11 is 6.64. The maximum absolute atomic E-state index is 16.3. The number of hydrogen-bond acceptors (Lipinski definition) is 8. The zero-order chi connectivity index (χ0) is 40.8. The molecule has 2 aromatic carbocycles. The fourth-order valence-electron chi connectivity index (χ4n) is 7.67. The predicted octanol–water partition coefficient (Wildman–Crippen LogP) is 5.59. The second kappa shape index (κ2) is 13.5. The Bertz CT molecular complexity index is 2610. The van der Waals surface area contributed by atoms with E-state index in [-0.39, 0.29) is 57.4 Å². The molecule has 3 heterocycles. The molecule has 56 heavy (non-hydrogen) atoms. The van der Waals surface area contributed by atoms with Crippen molar-refractivity contribution in [2.24, 2.45) is 18.7 Å².